The third kappa shape index (κ3) is 4.75. The van der Waals surface area contributed by atoms with Crippen LogP contribution in [0.15, 0.2) is 30.3 Å². The average molecular weight is 384 g/mol. The third-order valence-corrected chi connectivity index (χ3v) is 5.08. The van der Waals surface area contributed by atoms with Gasteiger partial charge in [0, 0.05) is 39.6 Å². The van der Waals surface area contributed by atoms with Crippen LogP contribution in [0, 0.1) is 13.8 Å². The summed E-state index contributed by atoms with van der Waals surface area (Å²) in [7, 11) is 1.61. The van der Waals surface area contributed by atoms with E-state index >= 15 is 0 Å². The zero-order valence-corrected chi connectivity index (χ0v) is 16.8. The van der Waals surface area contributed by atoms with Gasteiger partial charge in [-0.25, -0.2) is 9.67 Å². The van der Waals surface area contributed by atoms with Gasteiger partial charge in [-0.2, -0.15) is 5.10 Å². The number of nitrogens with one attached hydrogen (secondary N) is 1. The van der Waals surface area contributed by atoms with E-state index in [1.165, 1.54) is 5.56 Å². The van der Waals surface area contributed by atoms with E-state index in [4.69, 9.17) is 0 Å². The SMILES string of the molecule is CNC(=O)C1CN(Cc2ccccc2)CCN1C(=O)CCn1nc(C)nc1C. The number of piperazine rings is 1. The van der Waals surface area contributed by atoms with E-state index in [2.05, 4.69) is 32.4 Å². The van der Waals surface area contributed by atoms with Crippen molar-refractivity contribution in [3.8, 4) is 0 Å². The van der Waals surface area contributed by atoms with E-state index in [0.29, 0.717) is 31.9 Å². The maximum Gasteiger partial charge on any atom is 0.243 e. The Kier molecular flexibility index (Phi) is 6.41. The van der Waals surface area contributed by atoms with Gasteiger partial charge in [0.05, 0.1) is 6.54 Å². The minimum absolute atomic E-state index is 0.0273. The molecule has 150 valence electrons. The first-order chi connectivity index (χ1) is 13.5. The van der Waals surface area contributed by atoms with E-state index in [-0.39, 0.29) is 11.8 Å². The predicted molar refractivity (Wildman–Crippen MR) is 105 cm³/mol. The number of nitrogens with zero attached hydrogens (tertiary/aromatic N) is 5. The summed E-state index contributed by atoms with van der Waals surface area (Å²) >= 11 is 0. The average Bonchev–Trinajstić information content (AvgIpc) is 3.03. The lowest BCUT2D eigenvalue weighted by Gasteiger charge is -2.40. The monoisotopic (exact) mass is 384 g/mol. The van der Waals surface area contributed by atoms with Crippen molar-refractivity contribution in [3.63, 3.8) is 0 Å². The number of likely N-dealkylation sites (N-methyl/N-ethyl adjacent to an activating group) is 1. The Morgan fingerprint density at radius 2 is 1.93 bits per heavy atom. The smallest absolute Gasteiger partial charge is 0.243 e. The minimum Gasteiger partial charge on any atom is -0.357 e. The van der Waals surface area contributed by atoms with Crippen molar-refractivity contribution in [1.29, 1.82) is 0 Å². The molecule has 1 N–H and O–H groups in total. The zero-order chi connectivity index (χ0) is 20.1. The summed E-state index contributed by atoms with van der Waals surface area (Å²) in [5.41, 5.74) is 1.20. The summed E-state index contributed by atoms with van der Waals surface area (Å²) in [6.07, 6.45) is 0.301. The standard InChI is InChI=1S/C20H28N6O2/c1-15-22-16(2)26(23-15)10-9-19(27)25-12-11-24(14-18(25)20(28)21-3)13-17-7-5-4-6-8-17/h4-8,18H,9-14H2,1-3H3,(H,21,28). The Morgan fingerprint density at radius 1 is 1.18 bits per heavy atom. The number of carbonyl (C=O) groups excluding carboxylic acids is 2. The fourth-order valence-corrected chi connectivity index (χ4v) is 3.63. The maximum absolute atomic E-state index is 12.9. The van der Waals surface area contributed by atoms with Gasteiger partial charge in [0.25, 0.3) is 0 Å². The molecule has 1 aromatic carbocycles. The molecule has 1 saturated heterocycles. The molecule has 8 nitrogen and oxygen atoms in total. The van der Waals surface area contributed by atoms with Crippen molar-refractivity contribution in [3.05, 3.63) is 47.5 Å². The van der Waals surface area contributed by atoms with Gasteiger partial charge in [-0.1, -0.05) is 30.3 Å². The quantitative estimate of drug-likeness (QED) is 0.794. The van der Waals surface area contributed by atoms with E-state index in [9.17, 15) is 9.59 Å². The Morgan fingerprint density at radius 3 is 2.57 bits per heavy atom. The highest BCUT2D eigenvalue weighted by Crippen LogP contribution is 2.15. The van der Waals surface area contributed by atoms with E-state index < -0.39 is 6.04 Å². The number of hydrogen-bond donors (Lipinski definition) is 1. The molecular formula is C20H28N6O2. The molecule has 0 spiro atoms. The van der Waals surface area contributed by atoms with Crippen LogP contribution in [-0.4, -0.2) is 69.1 Å². The summed E-state index contributed by atoms with van der Waals surface area (Å²) in [6, 6.07) is 9.70. The number of carbonyl (C=O) groups is 2. The van der Waals surface area contributed by atoms with Crippen LogP contribution in [0.3, 0.4) is 0 Å². The van der Waals surface area contributed by atoms with Crippen LogP contribution < -0.4 is 5.32 Å². The van der Waals surface area contributed by atoms with Gasteiger partial charge in [0.1, 0.15) is 17.7 Å². The van der Waals surface area contributed by atoms with Gasteiger partial charge in [-0.15, -0.1) is 0 Å². The van der Waals surface area contributed by atoms with Crippen molar-refractivity contribution in [2.45, 2.75) is 39.4 Å². The molecule has 28 heavy (non-hydrogen) atoms. The lowest BCUT2D eigenvalue weighted by Crippen LogP contribution is -2.60. The minimum atomic E-state index is -0.478. The second-order valence-electron chi connectivity index (χ2n) is 7.12. The second-order valence-corrected chi connectivity index (χ2v) is 7.12. The van der Waals surface area contributed by atoms with Crippen LogP contribution in [0.4, 0.5) is 0 Å². The predicted octanol–water partition coefficient (Wildman–Crippen LogP) is 0.744. The normalized spacial score (nSPS) is 17.5. The van der Waals surface area contributed by atoms with Gasteiger partial charge < -0.3 is 10.2 Å². The summed E-state index contributed by atoms with van der Waals surface area (Å²) in [4.78, 5) is 33.5. The highest BCUT2D eigenvalue weighted by Gasteiger charge is 2.34. The van der Waals surface area contributed by atoms with E-state index in [1.54, 1.807) is 16.6 Å². The molecule has 1 fully saturated rings. The fourth-order valence-electron chi connectivity index (χ4n) is 3.63. The molecule has 1 aliphatic heterocycles. The summed E-state index contributed by atoms with van der Waals surface area (Å²) in [5, 5.41) is 7.01. The maximum atomic E-state index is 12.9. The van der Waals surface area contributed by atoms with E-state index in [0.717, 1.165) is 18.9 Å². The number of aromatic nitrogens is 3. The number of amides is 2. The van der Waals surface area contributed by atoms with Gasteiger partial charge in [0.15, 0.2) is 0 Å². The lowest BCUT2D eigenvalue weighted by molar-refractivity contribution is -0.144. The fraction of sp³-hybridized carbons (Fsp3) is 0.500. The third-order valence-electron chi connectivity index (χ3n) is 5.08. The number of rotatable bonds is 6. The molecule has 2 aromatic rings. The zero-order valence-electron chi connectivity index (χ0n) is 16.8. The summed E-state index contributed by atoms with van der Waals surface area (Å²) in [6.45, 7) is 6.76. The summed E-state index contributed by atoms with van der Waals surface area (Å²) < 4.78 is 1.74. The van der Waals surface area contributed by atoms with E-state index in [1.807, 2.05) is 32.0 Å². The van der Waals surface area contributed by atoms with Crippen LogP contribution in [-0.2, 0) is 22.7 Å². The molecule has 1 aliphatic rings. The molecule has 0 aliphatic carbocycles. The molecule has 1 aromatic heterocycles. The van der Waals surface area contributed by atoms with Gasteiger partial charge in [-0.05, 0) is 19.4 Å². The molecule has 0 saturated carbocycles. The second kappa shape index (κ2) is 8.97. The van der Waals surface area contributed by atoms with Crippen LogP contribution in [0.2, 0.25) is 0 Å². The van der Waals surface area contributed by atoms with Crippen LogP contribution >= 0.6 is 0 Å². The number of aryl methyl sites for hydroxylation is 3. The molecule has 8 heteroatoms. The van der Waals surface area contributed by atoms with Crippen LogP contribution in [0.1, 0.15) is 23.6 Å². The van der Waals surface area contributed by atoms with Gasteiger partial charge >= 0.3 is 0 Å². The lowest BCUT2D eigenvalue weighted by atomic mass is 10.1. The highest BCUT2D eigenvalue weighted by molar-refractivity contribution is 5.88. The molecule has 2 amide bonds. The Bertz CT molecular complexity index is 819. The molecule has 0 bridgehead atoms. The molecule has 2 heterocycles. The highest BCUT2D eigenvalue weighted by atomic mass is 16.2. The van der Waals surface area contributed by atoms with Gasteiger partial charge in [0.2, 0.25) is 11.8 Å². The van der Waals surface area contributed by atoms with Gasteiger partial charge in [-0.3, -0.25) is 14.5 Å². The van der Waals surface area contributed by atoms with Crippen molar-refractivity contribution < 1.29 is 9.59 Å². The Hall–Kier alpha value is -2.74. The van der Waals surface area contributed by atoms with Crippen molar-refractivity contribution in [2.24, 2.45) is 0 Å². The topological polar surface area (TPSA) is 83.4 Å². The largest absolute Gasteiger partial charge is 0.357 e. The first-order valence-corrected chi connectivity index (χ1v) is 9.63. The molecule has 1 unspecified atom stereocenters. The molecular weight excluding hydrogens is 356 g/mol. The number of benzene rings is 1. The first kappa shape index (κ1) is 20.0. The van der Waals surface area contributed by atoms with Crippen molar-refractivity contribution in [1.82, 2.24) is 29.9 Å². The molecule has 3 rings (SSSR count). The number of hydrogen-bond acceptors (Lipinski definition) is 5. The van der Waals surface area contributed by atoms with Crippen molar-refractivity contribution in [2.75, 3.05) is 26.7 Å². The Labute approximate surface area is 165 Å². The van der Waals surface area contributed by atoms with Crippen LogP contribution in [0.25, 0.3) is 0 Å². The van der Waals surface area contributed by atoms with Crippen LogP contribution in [0.5, 0.6) is 0 Å². The Balaban J connectivity index is 1.63. The molecule has 0 radical (unpaired) electrons. The first-order valence-electron chi connectivity index (χ1n) is 9.63. The summed E-state index contributed by atoms with van der Waals surface area (Å²) in [5.74, 6) is 1.34. The molecule has 1 atom stereocenters. The van der Waals surface area contributed by atoms with Crippen molar-refractivity contribution >= 4 is 11.8 Å².